The summed E-state index contributed by atoms with van der Waals surface area (Å²) in [6.07, 6.45) is 5.05. The number of fused-ring (bicyclic) bond motifs is 1. The van der Waals surface area contributed by atoms with E-state index in [0.717, 1.165) is 51.7 Å². The Bertz CT molecular complexity index is 949. The Kier molecular flexibility index (Phi) is 6.55. The highest BCUT2D eigenvalue weighted by molar-refractivity contribution is 5.78. The van der Waals surface area contributed by atoms with E-state index in [1.807, 2.05) is 0 Å². The number of amides is 1. The van der Waals surface area contributed by atoms with E-state index in [1.165, 1.54) is 47.1 Å². The maximum atomic E-state index is 12.9. The first-order valence-electron chi connectivity index (χ1n) is 12.1. The lowest BCUT2D eigenvalue weighted by atomic mass is 9.91. The SMILES string of the molecule is NNCc1ccccc1-c1ccc2c(c1)CCN(CC(=O)N1CCN(C3CCC3)CC1)C2. The third-order valence-corrected chi connectivity index (χ3v) is 7.54. The van der Waals surface area contributed by atoms with Crippen LogP contribution in [0.25, 0.3) is 11.1 Å². The largest absolute Gasteiger partial charge is 0.339 e. The number of hydrazine groups is 1. The van der Waals surface area contributed by atoms with Gasteiger partial charge in [0.05, 0.1) is 6.54 Å². The van der Waals surface area contributed by atoms with Crippen LogP contribution in [-0.2, 0) is 24.3 Å². The fourth-order valence-electron chi connectivity index (χ4n) is 5.36. The van der Waals surface area contributed by atoms with Gasteiger partial charge in [-0.15, -0.1) is 0 Å². The normalized spacial score (nSPS) is 20.1. The Morgan fingerprint density at radius 3 is 2.56 bits per heavy atom. The summed E-state index contributed by atoms with van der Waals surface area (Å²) >= 11 is 0. The molecule has 3 aliphatic rings. The van der Waals surface area contributed by atoms with Crippen LogP contribution in [0, 0.1) is 0 Å². The first-order valence-corrected chi connectivity index (χ1v) is 12.1. The minimum Gasteiger partial charge on any atom is -0.339 e. The van der Waals surface area contributed by atoms with E-state index >= 15 is 0 Å². The summed E-state index contributed by atoms with van der Waals surface area (Å²) < 4.78 is 0. The molecule has 32 heavy (non-hydrogen) atoms. The van der Waals surface area contributed by atoms with E-state index in [4.69, 9.17) is 5.84 Å². The van der Waals surface area contributed by atoms with Crippen molar-refractivity contribution in [3.63, 3.8) is 0 Å². The van der Waals surface area contributed by atoms with Crippen molar-refractivity contribution in [1.29, 1.82) is 0 Å². The maximum absolute atomic E-state index is 12.9. The predicted molar refractivity (Wildman–Crippen MR) is 128 cm³/mol. The van der Waals surface area contributed by atoms with Crippen molar-refractivity contribution in [1.82, 2.24) is 20.1 Å². The summed E-state index contributed by atoms with van der Waals surface area (Å²) in [5.74, 6) is 5.86. The quantitative estimate of drug-likeness (QED) is 0.541. The van der Waals surface area contributed by atoms with Gasteiger partial charge >= 0.3 is 0 Å². The van der Waals surface area contributed by atoms with Crippen molar-refractivity contribution in [2.75, 3.05) is 39.3 Å². The number of piperazine rings is 1. The molecule has 1 aliphatic carbocycles. The van der Waals surface area contributed by atoms with Gasteiger partial charge < -0.3 is 4.90 Å². The Morgan fingerprint density at radius 2 is 1.81 bits per heavy atom. The molecule has 0 atom stereocenters. The van der Waals surface area contributed by atoms with Crippen molar-refractivity contribution in [2.24, 2.45) is 5.84 Å². The van der Waals surface area contributed by atoms with E-state index in [-0.39, 0.29) is 0 Å². The molecule has 1 saturated heterocycles. The number of rotatable bonds is 6. The lowest BCUT2D eigenvalue weighted by molar-refractivity contribution is -0.135. The lowest BCUT2D eigenvalue weighted by Gasteiger charge is -2.43. The number of benzene rings is 2. The number of hydrogen-bond acceptors (Lipinski definition) is 5. The van der Waals surface area contributed by atoms with Crippen LogP contribution in [0.1, 0.15) is 36.0 Å². The molecule has 6 nitrogen and oxygen atoms in total. The van der Waals surface area contributed by atoms with Gasteiger partial charge in [-0.1, -0.05) is 48.9 Å². The minimum atomic E-state index is 0.293. The summed E-state index contributed by atoms with van der Waals surface area (Å²) in [5.41, 5.74) is 9.19. The van der Waals surface area contributed by atoms with E-state index in [1.54, 1.807) is 0 Å². The highest BCUT2D eigenvalue weighted by atomic mass is 16.2. The third kappa shape index (κ3) is 4.59. The average Bonchev–Trinajstić information content (AvgIpc) is 2.79. The number of nitrogens with one attached hydrogen (secondary N) is 1. The van der Waals surface area contributed by atoms with Crippen molar-refractivity contribution >= 4 is 5.91 Å². The Labute approximate surface area is 191 Å². The monoisotopic (exact) mass is 433 g/mol. The molecule has 6 heteroatoms. The molecule has 5 rings (SSSR count). The van der Waals surface area contributed by atoms with Crippen LogP contribution >= 0.6 is 0 Å². The highest BCUT2D eigenvalue weighted by Crippen LogP contribution is 2.29. The Morgan fingerprint density at radius 1 is 1.00 bits per heavy atom. The molecule has 1 saturated carbocycles. The van der Waals surface area contributed by atoms with Crippen LogP contribution in [0.15, 0.2) is 42.5 Å². The molecule has 2 aromatic carbocycles. The van der Waals surface area contributed by atoms with Gasteiger partial charge in [0.1, 0.15) is 0 Å². The van der Waals surface area contributed by atoms with Gasteiger partial charge in [0, 0.05) is 51.9 Å². The van der Waals surface area contributed by atoms with Gasteiger partial charge in [0.2, 0.25) is 5.91 Å². The Hall–Kier alpha value is -2.25. The van der Waals surface area contributed by atoms with E-state index in [9.17, 15) is 4.79 Å². The molecule has 0 unspecified atom stereocenters. The van der Waals surface area contributed by atoms with E-state index in [2.05, 4.69) is 62.6 Å². The standard InChI is InChI=1S/C26H35N5O/c27-28-17-22-4-1-2-7-25(22)21-8-9-23-18-29(11-10-20(23)16-21)19-26(32)31-14-12-30(13-15-31)24-5-3-6-24/h1-2,4,7-9,16,24,28H,3,5-6,10-15,17-19,27H2. The molecule has 1 amide bonds. The van der Waals surface area contributed by atoms with Crippen molar-refractivity contribution in [2.45, 2.75) is 44.8 Å². The van der Waals surface area contributed by atoms with Crippen LogP contribution in [0.4, 0.5) is 0 Å². The first kappa shape index (κ1) is 21.6. The topological polar surface area (TPSA) is 64.8 Å². The van der Waals surface area contributed by atoms with Crippen molar-refractivity contribution in [3.8, 4) is 11.1 Å². The fourth-order valence-corrected chi connectivity index (χ4v) is 5.36. The van der Waals surface area contributed by atoms with Crippen molar-refractivity contribution < 1.29 is 4.79 Å². The minimum absolute atomic E-state index is 0.293. The van der Waals surface area contributed by atoms with Gasteiger partial charge in [-0.25, -0.2) is 0 Å². The van der Waals surface area contributed by atoms with Gasteiger partial charge in [-0.05, 0) is 47.1 Å². The Balaban J connectivity index is 1.19. The number of carbonyl (C=O) groups excluding carboxylic acids is 1. The third-order valence-electron chi connectivity index (χ3n) is 7.54. The van der Waals surface area contributed by atoms with Crippen LogP contribution in [-0.4, -0.2) is 65.9 Å². The summed E-state index contributed by atoms with van der Waals surface area (Å²) in [5, 5.41) is 0. The number of carbonyl (C=O) groups is 1. The first-order chi connectivity index (χ1) is 15.7. The molecule has 0 bridgehead atoms. The molecular formula is C26H35N5O. The zero-order valence-electron chi connectivity index (χ0n) is 18.9. The lowest BCUT2D eigenvalue weighted by Crippen LogP contribution is -2.55. The van der Waals surface area contributed by atoms with Crippen LogP contribution < -0.4 is 11.3 Å². The summed E-state index contributed by atoms with van der Waals surface area (Å²) in [6, 6.07) is 16.0. The van der Waals surface area contributed by atoms with Crippen LogP contribution in [0.5, 0.6) is 0 Å². The van der Waals surface area contributed by atoms with Crippen LogP contribution in [0.3, 0.4) is 0 Å². The number of hydrogen-bond donors (Lipinski definition) is 2. The molecular weight excluding hydrogens is 398 g/mol. The molecule has 0 aromatic heterocycles. The molecule has 2 aliphatic heterocycles. The number of nitrogens with zero attached hydrogens (tertiary/aromatic N) is 3. The number of nitrogens with two attached hydrogens (primary N) is 1. The summed E-state index contributed by atoms with van der Waals surface area (Å²) in [4.78, 5) is 19.9. The predicted octanol–water partition coefficient (Wildman–Crippen LogP) is 2.37. The highest BCUT2D eigenvalue weighted by Gasteiger charge is 2.30. The summed E-state index contributed by atoms with van der Waals surface area (Å²) in [6.45, 7) is 6.85. The molecule has 2 fully saturated rings. The second-order valence-electron chi connectivity index (χ2n) is 9.48. The molecule has 2 heterocycles. The summed E-state index contributed by atoms with van der Waals surface area (Å²) in [7, 11) is 0. The maximum Gasteiger partial charge on any atom is 0.236 e. The molecule has 3 N–H and O–H groups in total. The molecule has 2 aromatic rings. The van der Waals surface area contributed by atoms with Gasteiger partial charge in [-0.3, -0.25) is 25.9 Å². The van der Waals surface area contributed by atoms with Crippen molar-refractivity contribution in [3.05, 3.63) is 59.2 Å². The molecule has 0 radical (unpaired) electrons. The van der Waals surface area contributed by atoms with Gasteiger partial charge in [-0.2, -0.15) is 0 Å². The van der Waals surface area contributed by atoms with Gasteiger partial charge in [0.15, 0.2) is 0 Å². The zero-order valence-corrected chi connectivity index (χ0v) is 18.9. The second kappa shape index (κ2) is 9.71. The fraction of sp³-hybridized carbons (Fsp3) is 0.500. The zero-order chi connectivity index (χ0) is 21.9. The van der Waals surface area contributed by atoms with E-state index in [0.29, 0.717) is 19.0 Å². The molecule has 170 valence electrons. The second-order valence-corrected chi connectivity index (χ2v) is 9.48. The van der Waals surface area contributed by atoms with E-state index < -0.39 is 0 Å². The van der Waals surface area contributed by atoms with Crippen LogP contribution in [0.2, 0.25) is 0 Å². The molecule has 0 spiro atoms. The smallest absolute Gasteiger partial charge is 0.236 e. The average molecular weight is 434 g/mol. The van der Waals surface area contributed by atoms with Gasteiger partial charge in [0.25, 0.3) is 0 Å².